The van der Waals surface area contributed by atoms with E-state index in [2.05, 4.69) is 0 Å². The van der Waals surface area contributed by atoms with E-state index in [9.17, 15) is 5.11 Å². The molecule has 2 saturated heterocycles. The molecular weight excluding hydrogens is 120 g/mol. The lowest BCUT2D eigenvalue weighted by atomic mass is 10.0. The van der Waals surface area contributed by atoms with Crippen LogP contribution in [0.2, 0.25) is 0 Å². The van der Waals surface area contributed by atoms with Crippen molar-refractivity contribution in [3.63, 3.8) is 0 Å². The van der Waals surface area contributed by atoms with Crippen LogP contribution in [0.1, 0.15) is 11.9 Å². The maximum Gasteiger partial charge on any atom is 0.163 e. The Balaban J connectivity index is 2.32. The van der Waals surface area contributed by atoms with Gasteiger partial charge in [0.1, 0.15) is 0 Å². The van der Waals surface area contributed by atoms with Gasteiger partial charge < -0.3 is 14.6 Å². The molecule has 52 valence electrons. The second kappa shape index (κ2) is 1.94. The van der Waals surface area contributed by atoms with Crippen molar-refractivity contribution in [2.24, 2.45) is 5.92 Å². The molecule has 0 unspecified atom stereocenters. The molecule has 3 nitrogen and oxygen atoms in total. The van der Waals surface area contributed by atoms with Gasteiger partial charge in [-0.15, -0.1) is 0 Å². The first-order valence-corrected chi connectivity index (χ1v) is 2.84. The fraction of sp³-hybridized carbons (Fsp3) is 1.00. The standard InChI is InChI=1S/C6H10O3/c7-5-3-9-6-4(5)1-2-8-6/h4-7H,1-3H2/t4-,5-,6+/m0/s1/i1D2,2D2. The van der Waals surface area contributed by atoms with Crippen LogP contribution in [-0.2, 0) is 9.47 Å². The minimum Gasteiger partial charge on any atom is -0.390 e. The highest BCUT2D eigenvalue weighted by molar-refractivity contribution is 4.81. The summed E-state index contributed by atoms with van der Waals surface area (Å²) < 4.78 is 39.1. The normalized spacial score (nSPS) is 67.4. The Morgan fingerprint density at radius 3 is 3.22 bits per heavy atom. The second-order valence-electron chi connectivity index (χ2n) is 2.16. The Morgan fingerprint density at radius 2 is 2.44 bits per heavy atom. The lowest BCUT2D eigenvalue weighted by Gasteiger charge is -2.06. The summed E-state index contributed by atoms with van der Waals surface area (Å²) in [5, 5.41) is 9.36. The van der Waals surface area contributed by atoms with E-state index in [0.717, 1.165) is 0 Å². The van der Waals surface area contributed by atoms with Crippen molar-refractivity contribution in [2.75, 3.05) is 13.2 Å². The van der Waals surface area contributed by atoms with E-state index in [0.29, 0.717) is 0 Å². The van der Waals surface area contributed by atoms with Crippen LogP contribution in [0.15, 0.2) is 0 Å². The number of aliphatic hydroxyl groups is 1. The van der Waals surface area contributed by atoms with Crippen molar-refractivity contribution in [2.45, 2.75) is 18.8 Å². The summed E-state index contributed by atoms with van der Waals surface area (Å²) >= 11 is 0. The number of rotatable bonds is 0. The molecule has 0 aliphatic carbocycles. The molecule has 2 heterocycles. The topological polar surface area (TPSA) is 38.7 Å². The molecule has 0 spiro atoms. The first-order valence-electron chi connectivity index (χ1n) is 4.84. The zero-order valence-corrected chi connectivity index (χ0v) is 4.70. The van der Waals surface area contributed by atoms with Crippen LogP contribution in [0.25, 0.3) is 0 Å². The van der Waals surface area contributed by atoms with Crippen LogP contribution in [0.4, 0.5) is 0 Å². The summed E-state index contributed by atoms with van der Waals surface area (Å²) in [5.74, 6) is -0.928. The van der Waals surface area contributed by atoms with Crippen LogP contribution in [-0.4, -0.2) is 30.7 Å². The van der Waals surface area contributed by atoms with Crippen LogP contribution in [0.5, 0.6) is 0 Å². The molecule has 3 atom stereocenters. The molecule has 2 fully saturated rings. The molecule has 9 heavy (non-hydrogen) atoms. The predicted octanol–water partition coefficient (Wildman–Crippen LogP) is -0.260. The molecule has 0 aromatic rings. The van der Waals surface area contributed by atoms with Gasteiger partial charge in [0, 0.05) is 8.66 Å². The Kier molecular flexibility index (Phi) is 0.616. The quantitative estimate of drug-likeness (QED) is 0.496. The summed E-state index contributed by atoms with van der Waals surface area (Å²) in [6.45, 7) is -2.38. The van der Waals surface area contributed by atoms with Gasteiger partial charge in [-0.3, -0.25) is 0 Å². The Bertz CT molecular complexity index is 232. The minimum absolute atomic E-state index is 0.00488. The number of hydrogen-bond acceptors (Lipinski definition) is 3. The van der Waals surface area contributed by atoms with Gasteiger partial charge in [0.05, 0.1) is 22.0 Å². The molecule has 0 bridgehead atoms. The van der Waals surface area contributed by atoms with E-state index < -0.39 is 31.2 Å². The number of aliphatic hydroxyl groups excluding tert-OH is 1. The van der Waals surface area contributed by atoms with E-state index in [4.69, 9.17) is 15.0 Å². The van der Waals surface area contributed by atoms with Crippen LogP contribution >= 0.6 is 0 Å². The smallest absolute Gasteiger partial charge is 0.163 e. The lowest BCUT2D eigenvalue weighted by Crippen LogP contribution is -2.18. The summed E-state index contributed by atoms with van der Waals surface area (Å²) in [4.78, 5) is 0. The Hall–Kier alpha value is -0.120. The van der Waals surface area contributed by atoms with E-state index in [1.54, 1.807) is 0 Å². The summed E-state index contributed by atoms with van der Waals surface area (Å²) in [6.07, 6.45) is -4.15. The van der Waals surface area contributed by atoms with Crippen molar-refractivity contribution >= 4 is 0 Å². The molecule has 2 aliphatic rings. The van der Waals surface area contributed by atoms with Gasteiger partial charge in [0.2, 0.25) is 0 Å². The predicted molar refractivity (Wildman–Crippen MR) is 29.8 cm³/mol. The van der Waals surface area contributed by atoms with Crippen molar-refractivity contribution in [1.29, 1.82) is 0 Å². The SMILES string of the molecule is [2H]C1([2H])O[C@@H]2OC[C@H](O)[C@@H]2C1([2H])[2H]. The first kappa shape index (κ1) is 2.86. The molecule has 0 amide bonds. The monoisotopic (exact) mass is 134 g/mol. The van der Waals surface area contributed by atoms with E-state index >= 15 is 0 Å². The zero-order chi connectivity index (χ0) is 9.85. The molecule has 2 aliphatic heterocycles. The third kappa shape index (κ3) is 0.764. The average Bonchev–Trinajstić information content (AvgIpc) is 2.37. The lowest BCUT2D eigenvalue weighted by molar-refractivity contribution is -0.0907. The molecule has 1 N–H and O–H groups in total. The van der Waals surface area contributed by atoms with Gasteiger partial charge in [-0.2, -0.15) is 0 Å². The Morgan fingerprint density at radius 1 is 1.56 bits per heavy atom. The van der Waals surface area contributed by atoms with Gasteiger partial charge in [0.15, 0.2) is 6.29 Å². The molecule has 0 aromatic carbocycles. The van der Waals surface area contributed by atoms with Gasteiger partial charge in [-0.25, -0.2) is 0 Å². The van der Waals surface area contributed by atoms with E-state index in [1.807, 2.05) is 0 Å². The fourth-order valence-electron chi connectivity index (χ4n) is 1.01. The largest absolute Gasteiger partial charge is 0.390 e. The van der Waals surface area contributed by atoms with Crippen molar-refractivity contribution in [3.05, 3.63) is 0 Å². The van der Waals surface area contributed by atoms with Gasteiger partial charge in [-0.1, -0.05) is 0 Å². The van der Waals surface area contributed by atoms with Crippen LogP contribution in [0.3, 0.4) is 0 Å². The van der Waals surface area contributed by atoms with Gasteiger partial charge in [-0.05, 0) is 6.37 Å². The molecule has 2 rings (SSSR count). The number of ether oxygens (including phenoxy) is 2. The molecule has 0 aromatic heterocycles. The van der Waals surface area contributed by atoms with Crippen molar-refractivity contribution < 1.29 is 20.1 Å². The maximum atomic E-state index is 9.36. The molecular formula is C6H10O3. The highest BCUT2D eigenvalue weighted by Crippen LogP contribution is 2.30. The third-order valence-electron chi connectivity index (χ3n) is 1.54. The summed E-state index contributed by atoms with van der Waals surface area (Å²) in [6, 6.07) is 0. The molecule has 0 radical (unpaired) electrons. The van der Waals surface area contributed by atoms with E-state index in [1.165, 1.54) is 0 Å². The van der Waals surface area contributed by atoms with E-state index in [-0.39, 0.29) is 6.61 Å². The fourth-order valence-corrected chi connectivity index (χ4v) is 1.01. The van der Waals surface area contributed by atoms with Gasteiger partial charge >= 0.3 is 0 Å². The average molecular weight is 134 g/mol. The van der Waals surface area contributed by atoms with Crippen molar-refractivity contribution in [3.8, 4) is 0 Å². The van der Waals surface area contributed by atoms with Crippen molar-refractivity contribution in [1.82, 2.24) is 0 Å². The highest BCUT2D eigenvalue weighted by Gasteiger charge is 2.40. The summed E-state index contributed by atoms with van der Waals surface area (Å²) in [7, 11) is 0. The minimum atomic E-state index is -2.39. The number of fused-ring (bicyclic) bond motifs is 1. The zero-order valence-electron chi connectivity index (χ0n) is 8.70. The Labute approximate surface area is 59.2 Å². The van der Waals surface area contributed by atoms with Crippen LogP contribution < -0.4 is 0 Å². The summed E-state index contributed by atoms with van der Waals surface area (Å²) in [5.41, 5.74) is 0. The third-order valence-corrected chi connectivity index (χ3v) is 1.54. The van der Waals surface area contributed by atoms with Gasteiger partial charge in [0.25, 0.3) is 0 Å². The van der Waals surface area contributed by atoms with Crippen LogP contribution in [0, 0.1) is 5.92 Å². The first-order chi connectivity index (χ1) is 5.86. The second-order valence-corrected chi connectivity index (χ2v) is 2.16. The highest BCUT2D eigenvalue weighted by atomic mass is 16.7. The number of hydrogen-bond donors (Lipinski definition) is 1. The molecule has 0 saturated carbocycles. The molecule has 3 heteroatoms. The maximum absolute atomic E-state index is 9.36.